The van der Waals surface area contributed by atoms with Crippen LogP contribution in [-0.2, 0) is 6.61 Å². The van der Waals surface area contributed by atoms with Crippen molar-refractivity contribution in [2.75, 3.05) is 19.0 Å². The molecule has 0 aliphatic carbocycles. The SMILES string of the molecule is CCCCOc1ccc(C(=O)Nc2ccc(-c3ccc(CO)o3)c(OC)c2)cc1. The molecule has 1 amide bonds. The van der Waals surface area contributed by atoms with Crippen molar-refractivity contribution in [1.82, 2.24) is 0 Å². The van der Waals surface area contributed by atoms with Gasteiger partial charge in [0.1, 0.15) is 29.6 Å². The molecule has 0 saturated heterocycles. The summed E-state index contributed by atoms with van der Waals surface area (Å²) in [4.78, 5) is 12.5. The molecule has 6 heteroatoms. The van der Waals surface area contributed by atoms with Crippen LogP contribution in [0.15, 0.2) is 59.0 Å². The quantitative estimate of drug-likeness (QED) is 0.505. The minimum atomic E-state index is -0.222. The molecule has 152 valence electrons. The van der Waals surface area contributed by atoms with Gasteiger partial charge in [0, 0.05) is 17.3 Å². The Labute approximate surface area is 170 Å². The summed E-state index contributed by atoms with van der Waals surface area (Å²) in [6.45, 7) is 2.61. The van der Waals surface area contributed by atoms with Gasteiger partial charge in [0.15, 0.2) is 0 Å². The molecular formula is C23H25NO5. The summed E-state index contributed by atoms with van der Waals surface area (Å²) in [5, 5.41) is 12.0. The lowest BCUT2D eigenvalue weighted by atomic mass is 10.1. The second kappa shape index (κ2) is 9.80. The van der Waals surface area contributed by atoms with Crippen LogP contribution in [0.3, 0.4) is 0 Å². The summed E-state index contributed by atoms with van der Waals surface area (Å²) in [6.07, 6.45) is 2.07. The number of carbonyl (C=O) groups excluding carboxylic acids is 1. The van der Waals surface area contributed by atoms with Crippen LogP contribution in [0.25, 0.3) is 11.3 Å². The smallest absolute Gasteiger partial charge is 0.255 e. The highest BCUT2D eigenvalue weighted by atomic mass is 16.5. The van der Waals surface area contributed by atoms with E-state index in [0.29, 0.717) is 35.1 Å². The van der Waals surface area contributed by atoms with Crippen molar-refractivity contribution < 1.29 is 23.8 Å². The third-order valence-corrected chi connectivity index (χ3v) is 4.43. The topological polar surface area (TPSA) is 80.9 Å². The molecule has 2 aromatic carbocycles. The van der Waals surface area contributed by atoms with Crippen LogP contribution in [0.1, 0.15) is 35.9 Å². The lowest BCUT2D eigenvalue weighted by Gasteiger charge is -2.11. The first-order valence-electron chi connectivity index (χ1n) is 9.56. The van der Waals surface area contributed by atoms with E-state index in [1.807, 2.05) is 0 Å². The van der Waals surface area contributed by atoms with E-state index >= 15 is 0 Å². The summed E-state index contributed by atoms with van der Waals surface area (Å²) >= 11 is 0. The summed E-state index contributed by atoms with van der Waals surface area (Å²) in [7, 11) is 1.55. The van der Waals surface area contributed by atoms with Crippen LogP contribution in [0.5, 0.6) is 11.5 Å². The summed E-state index contributed by atoms with van der Waals surface area (Å²) in [5.41, 5.74) is 1.88. The molecule has 0 fully saturated rings. The van der Waals surface area contributed by atoms with Gasteiger partial charge in [-0.3, -0.25) is 4.79 Å². The van der Waals surface area contributed by atoms with E-state index in [4.69, 9.17) is 19.0 Å². The van der Waals surface area contributed by atoms with E-state index in [1.54, 1.807) is 61.7 Å². The number of unbranched alkanes of at least 4 members (excludes halogenated alkanes) is 1. The maximum absolute atomic E-state index is 12.5. The van der Waals surface area contributed by atoms with Crippen LogP contribution in [-0.4, -0.2) is 24.7 Å². The minimum Gasteiger partial charge on any atom is -0.496 e. The van der Waals surface area contributed by atoms with Gasteiger partial charge >= 0.3 is 0 Å². The number of anilines is 1. The summed E-state index contributed by atoms with van der Waals surface area (Å²) in [6, 6.07) is 15.9. The monoisotopic (exact) mass is 395 g/mol. The zero-order valence-electron chi connectivity index (χ0n) is 16.6. The first-order valence-corrected chi connectivity index (χ1v) is 9.56. The number of amides is 1. The van der Waals surface area contributed by atoms with Crippen molar-refractivity contribution in [2.45, 2.75) is 26.4 Å². The molecule has 0 aliphatic heterocycles. The van der Waals surface area contributed by atoms with Gasteiger partial charge in [-0.05, 0) is 55.0 Å². The third-order valence-electron chi connectivity index (χ3n) is 4.43. The standard InChI is InChI=1S/C23H25NO5/c1-3-4-13-28-18-8-5-16(6-9-18)23(26)24-17-7-11-20(22(14-17)27-2)21-12-10-19(15-25)29-21/h5-12,14,25H,3-4,13,15H2,1-2H3,(H,24,26). The van der Waals surface area contributed by atoms with Gasteiger partial charge in [0.2, 0.25) is 0 Å². The van der Waals surface area contributed by atoms with Crippen molar-refractivity contribution in [2.24, 2.45) is 0 Å². The number of hydrogen-bond acceptors (Lipinski definition) is 5. The molecule has 2 N–H and O–H groups in total. The van der Waals surface area contributed by atoms with Crippen LogP contribution in [0.2, 0.25) is 0 Å². The second-order valence-corrected chi connectivity index (χ2v) is 6.52. The Balaban J connectivity index is 1.70. The van der Waals surface area contributed by atoms with E-state index in [2.05, 4.69) is 12.2 Å². The number of rotatable bonds is 9. The van der Waals surface area contributed by atoms with E-state index in [0.717, 1.165) is 24.2 Å². The molecular weight excluding hydrogens is 370 g/mol. The van der Waals surface area contributed by atoms with Crippen molar-refractivity contribution >= 4 is 11.6 Å². The van der Waals surface area contributed by atoms with Gasteiger partial charge in [0.05, 0.1) is 19.3 Å². The average Bonchev–Trinajstić information content (AvgIpc) is 3.23. The normalized spacial score (nSPS) is 10.6. The number of benzene rings is 2. The highest BCUT2D eigenvalue weighted by Gasteiger charge is 2.13. The number of hydrogen-bond donors (Lipinski definition) is 2. The molecule has 1 aromatic heterocycles. The van der Waals surface area contributed by atoms with E-state index in [9.17, 15) is 4.79 Å². The molecule has 3 aromatic rings. The van der Waals surface area contributed by atoms with Gasteiger partial charge in [-0.1, -0.05) is 13.3 Å². The molecule has 0 saturated carbocycles. The molecule has 0 bridgehead atoms. The molecule has 0 radical (unpaired) electrons. The molecule has 0 spiro atoms. The first kappa shape index (κ1) is 20.5. The van der Waals surface area contributed by atoms with Gasteiger partial charge in [-0.2, -0.15) is 0 Å². The van der Waals surface area contributed by atoms with Crippen LogP contribution in [0.4, 0.5) is 5.69 Å². The first-order chi connectivity index (χ1) is 14.1. The van der Waals surface area contributed by atoms with Crippen molar-refractivity contribution in [3.63, 3.8) is 0 Å². The van der Waals surface area contributed by atoms with Gasteiger partial charge in [0.25, 0.3) is 5.91 Å². The molecule has 0 aliphatic rings. The van der Waals surface area contributed by atoms with Gasteiger partial charge < -0.3 is 24.3 Å². The zero-order chi connectivity index (χ0) is 20.6. The fourth-order valence-electron chi connectivity index (χ4n) is 2.82. The predicted octanol–water partition coefficient (Wildman–Crippen LogP) is 4.88. The largest absolute Gasteiger partial charge is 0.496 e. The number of aliphatic hydroxyl groups is 1. The molecule has 29 heavy (non-hydrogen) atoms. The van der Waals surface area contributed by atoms with Crippen LogP contribution < -0.4 is 14.8 Å². The number of methoxy groups -OCH3 is 1. The predicted molar refractivity (Wildman–Crippen MR) is 111 cm³/mol. The minimum absolute atomic E-state index is 0.168. The van der Waals surface area contributed by atoms with Gasteiger partial charge in [-0.15, -0.1) is 0 Å². The molecule has 1 heterocycles. The molecule has 3 rings (SSSR count). The number of ether oxygens (including phenoxy) is 2. The van der Waals surface area contributed by atoms with Crippen molar-refractivity contribution in [3.05, 3.63) is 65.9 Å². The average molecular weight is 395 g/mol. The number of nitrogens with one attached hydrogen (secondary N) is 1. The highest BCUT2D eigenvalue weighted by Crippen LogP contribution is 2.33. The molecule has 6 nitrogen and oxygen atoms in total. The Morgan fingerprint density at radius 3 is 2.55 bits per heavy atom. The Morgan fingerprint density at radius 1 is 1.10 bits per heavy atom. The summed E-state index contributed by atoms with van der Waals surface area (Å²) < 4.78 is 16.6. The lowest BCUT2D eigenvalue weighted by Crippen LogP contribution is -2.12. The van der Waals surface area contributed by atoms with Crippen LogP contribution in [0, 0.1) is 0 Å². The number of carbonyl (C=O) groups is 1. The van der Waals surface area contributed by atoms with Crippen LogP contribution >= 0.6 is 0 Å². The summed E-state index contributed by atoms with van der Waals surface area (Å²) in [5.74, 6) is 2.15. The van der Waals surface area contributed by atoms with Crippen molar-refractivity contribution in [3.8, 4) is 22.8 Å². The second-order valence-electron chi connectivity index (χ2n) is 6.52. The Hall–Kier alpha value is -3.25. The Morgan fingerprint density at radius 2 is 1.90 bits per heavy atom. The maximum Gasteiger partial charge on any atom is 0.255 e. The number of furan rings is 1. The van der Waals surface area contributed by atoms with E-state index in [-0.39, 0.29) is 12.5 Å². The van der Waals surface area contributed by atoms with E-state index < -0.39 is 0 Å². The Kier molecular flexibility index (Phi) is 6.92. The Bertz CT molecular complexity index is 946. The third kappa shape index (κ3) is 5.18. The fourth-order valence-corrected chi connectivity index (χ4v) is 2.82. The molecule has 0 atom stereocenters. The maximum atomic E-state index is 12.5. The molecule has 0 unspecified atom stereocenters. The van der Waals surface area contributed by atoms with E-state index in [1.165, 1.54) is 0 Å². The number of aliphatic hydroxyl groups excluding tert-OH is 1. The fraction of sp³-hybridized carbons (Fsp3) is 0.261. The lowest BCUT2D eigenvalue weighted by molar-refractivity contribution is 0.102. The van der Waals surface area contributed by atoms with Gasteiger partial charge in [-0.25, -0.2) is 0 Å². The van der Waals surface area contributed by atoms with Crippen molar-refractivity contribution in [1.29, 1.82) is 0 Å². The zero-order valence-corrected chi connectivity index (χ0v) is 16.6. The highest BCUT2D eigenvalue weighted by molar-refractivity contribution is 6.04.